The number of nitrogens with zero attached hydrogens (tertiary/aromatic N) is 1. The van der Waals surface area contributed by atoms with Crippen LogP contribution in [-0.4, -0.2) is 12.0 Å². The number of hydrogen-bond donors (Lipinski definition) is 1. The smallest absolute Gasteiger partial charge is 0.0762 e. The van der Waals surface area contributed by atoms with Crippen molar-refractivity contribution in [1.82, 2.24) is 10.3 Å². The molecule has 0 amide bonds. The van der Waals surface area contributed by atoms with Gasteiger partial charge in [0, 0.05) is 6.20 Å². The first-order valence-corrected chi connectivity index (χ1v) is 7.36. The predicted octanol–water partition coefficient (Wildman–Crippen LogP) is 4.36. The SMILES string of the molecule is CNC(Cc1ccc(C(C)C)cc1)c1ncccc1Cl. The van der Waals surface area contributed by atoms with E-state index in [9.17, 15) is 0 Å². The third kappa shape index (κ3) is 3.59. The summed E-state index contributed by atoms with van der Waals surface area (Å²) >= 11 is 6.23. The minimum Gasteiger partial charge on any atom is -0.311 e. The molecule has 0 saturated heterocycles. The van der Waals surface area contributed by atoms with Gasteiger partial charge >= 0.3 is 0 Å². The minimum absolute atomic E-state index is 0.133. The van der Waals surface area contributed by atoms with Crippen molar-refractivity contribution < 1.29 is 0 Å². The largest absolute Gasteiger partial charge is 0.311 e. The molecule has 0 bridgehead atoms. The molecule has 0 aliphatic rings. The fraction of sp³-hybridized carbons (Fsp3) is 0.353. The van der Waals surface area contributed by atoms with Crippen LogP contribution in [0, 0.1) is 0 Å². The summed E-state index contributed by atoms with van der Waals surface area (Å²) in [4.78, 5) is 4.40. The zero-order valence-electron chi connectivity index (χ0n) is 12.2. The van der Waals surface area contributed by atoms with E-state index in [1.54, 1.807) is 6.20 Å². The lowest BCUT2D eigenvalue weighted by molar-refractivity contribution is 0.576. The van der Waals surface area contributed by atoms with Crippen LogP contribution in [0.3, 0.4) is 0 Å². The van der Waals surface area contributed by atoms with E-state index in [1.807, 2.05) is 19.2 Å². The Labute approximate surface area is 126 Å². The Kier molecular flexibility index (Phi) is 5.16. The van der Waals surface area contributed by atoms with Crippen LogP contribution in [-0.2, 0) is 6.42 Å². The van der Waals surface area contributed by atoms with Crippen molar-refractivity contribution >= 4 is 11.6 Å². The number of halogens is 1. The average molecular weight is 289 g/mol. The maximum atomic E-state index is 6.23. The Bertz CT molecular complexity index is 549. The molecule has 2 rings (SSSR count). The van der Waals surface area contributed by atoms with E-state index in [1.165, 1.54) is 11.1 Å². The van der Waals surface area contributed by atoms with Crippen molar-refractivity contribution in [2.24, 2.45) is 0 Å². The topological polar surface area (TPSA) is 24.9 Å². The molecule has 106 valence electrons. The molecule has 1 atom stereocenters. The number of likely N-dealkylation sites (N-methyl/N-ethyl adjacent to an activating group) is 1. The van der Waals surface area contributed by atoms with Crippen molar-refractivity contribution in [1.29, 1.82) is 0 Å². The second-order valence-corrected chi connectivity index (χ2v) is 5.72. The quantitative estimate of drug-likeness (QED) is 0.884. The summed E-state index contributed by atoms with van der Waals surface area (Å²) in [5.74, 6) is 0.564. The maximum absolute atomic E-state index is 6.23. The number of pyridine rings is 1. The van der Waals surface area contributed by atoms with Crippen LogP contribution in [0.1, 0.15) is 42.6 Å². The van der Waals surface area contributed by atoms with Crippen LogP contribution >= 0.6 is 11.6 Å². The average Bonchev–Trinajstić information content (AvgIpc) is 2.46. The van der Waals surface area contributed by atoms with Crippen molar-refractivity contribution in [3.8, 4) is 0 Å². The predicted molar refractivity (Wildman–Crippen MR) is 85.3 cm³/mol. The highest BCUT2D eigenvalue weighted by atomic mass is 35.5. The van der Waals surface area contributed by atoms with Gasteiger partial charge in [0.05, 0.1) is 16.8 Å². The molecule has 1 unspecified atom stereocenters. The van der Waals surface area contributed by atoms with E-state index in [0.717, 1.165) is 12.1 Å². The molecule has 0 aliphatic heterocycles. The molecule has 1 aromatic heterocycles. The van der Waals surface area contributed by atoms with E-state index >= 15 is 0 Å². The maximum Gasteiger partial charge on any atom is 0.0762 e. The first-order valence-electron chi connectivity index (χ1n) is 6.98. The van der Waals surface area contributed by atoms with Gasteiger partial charge in [0.15, 0.2) is 0 Å². The second kappa shape index (κ2) is 6.87. The first kappa shape index (κ1) is 15.0. The Hall–Kier alpha value is -1.38. The third-order valence-corrected chi connectivity index (χ3v) is 3.87. The molecule has 0 fully saturated rings. The van der Waals surface area contributed by atoms with Gasteiger partial charge in [0.25, 0.3) is 0 Å². The zero-order valence-corrected chi connectivity index (χ0v) is 13.0. The molecular formula is C17H21ClN2. The number of nitrogens with one attached hydrogen (secondary N) is 1. The zero-order chi connectivity index (χ0) is 14.5. The molecule has 0 aliphatic carbocycles. The van der Waals surface area contributed by atoms with Gasteiger partial charge in [0.2, 0.25) is 0 Å². The normalized spacial score (nSPS) is 12.7. The van der Waals surface area contributed by atoms with Crippen LogP contribution < -0.4 is 5.32 Å². The molecule has 1 aromatic carbocycles. The highest BCUT2D eigenvalue weighted by Crippen LogP contribution is 2.24. The molecule has 0 saturated carbocycles. The summed E-state index contributed by atoms with van der Waals surface area (Å²) in [7, 11) is 1.94. The summed E-state index contributed by atoms with van der Waals surface area (Å²) in [5, 5.41) is 4.01. The Morgan fingerprint density at radius 1 is 1.15 bits per heavy atom. The van der Waals surface area contributed by atoms with E-state index < -0.39 is 0 Å². The fourth-order valence-corrected chi connectivity index (χ4v) is 2.52. The Morgan fingerprint density at radius 2 is 1.85 bits per heavy atom. The molecular weight excluding hydrogens is 268 g/mol. The molecule has 20 heavy (non-hydrogen) atoms. The fourth-order valence-electron chi connectivity index (χ4n) is 2.26. The van der Waals surface area contributed by atoms with Crippen LogP contribution in [0.4, 0.5) is 0 Å². The van der Waals surface area contributed by atoms with Crippen molar-refractivity contribution in [3.63, 3.8) is 0 Å². The molecule has 1 N–H and O–H groups in total. The molecule has 2 aromatic rings. The molecule has 0 spiro atoms. The van der Waals surface area contributed by atoms with Gasteiger partial charge < -0.3 is 5.32 Å². The van der Waals surface area contributed by atoms with Crippen LogP contribution in [0.2, 0.25) is 5.02 Å². The number of hydrogen-bond acceptors (Lipinski definition) is 2. The van der Waals surface area contributed by atoms with Gasteiger partial charge in [-0.2, -0.15) is 0 Å². The Balaban J connectivity index is 2.16. The summed E-state index contributed by atoms with van der Waals surface area (Å²) in [6.45, 7) is 4.41. The van der Waals surface area contributed by atoms with Gasteiger partial charge in [0.1, 0.15) is 0 Å². The summed E-state index contributed by atoms with van der Waals surface area (Å²) in [6.07, 6.45) is 2.67. The number of rotatable bonds is 5. The van der Waals surface area contributed by atoms with E-state index in [2.05, 4.69) is 48.4 Å². The van der Waals surface area contributed by atoms with Crippen LogP contribution in [0.5, 0.6) is 0 Å². The monoisotopic (exact) mass is 288 g/mol. The molecule has 3 heteroatoms. The summed E-state index contributed by atoms with van der Waals surface area (Å²) < 4.78 is 0. The van der Waals surface area contributed by atoms with Gasteiger partial charge in [-0.1, -0.05) is 49.7 Å². The van der Waals surface area contributed by atoms with Gasteiger partial charge in [-0.25, -0.2) is 0 Å². The lowest BCUT2D eigenvalue weighted by Gasteiger charge is -2.17. The molecule has 0 radical (unpaired) electrons. The van der Waals surface area contributed by atoms with Crippen molar-refractivity contribution in [3.05, 3.63) is 64.4 Å². The van der Waals surface area contributed by atoms with Crippen molar-refractivity contribution in [2.75, 3.05) is 7.05 Å². The Morgan fingerprint density at radius 3 is 2.40 bits per heavy atom. The lowest BCUT2D eigenvalue weighted by atomic mass is 9.98. The minimum atomic E-state index is 0.133. The molecule has 1 heterocycles. The van der Waals surface area contributed by atoms with E-state index in [-0.39, 0.29) is 6.04 Å². The van der Waals surface area contributed by atoms with Crippen molar-refractivity contribution in [2.45, 2.75) is 32.2 Å². The number of benzene rings is 1. The van der Waals surface area contributed by atoms with E-state index in [0.29, 0.717) is 10.9 Å². The summed E-state index contributed by atoms with van der Waals surface area (Å²) in [5.41, 5.74) is 3.56. The summed E-state index contributed by atoms with van der Waals surface area (Å²) in [6, 6.07) is 12.7. The third-order valence-electron chi connectivity index (χ3n) is 3.55. The lowest BCUT2D eigenvalue weighted by Crippen LogP contribution is -2.20. The van der Waals surface area contributed by atoms with Gasteiger partial charge in [-0.05, 0) is 42.6 Å². The highest BCUT2D eigenvalue weighted by molar-refractivity contribution is 6.31. The standard InChI is InChI=1S/C17H21ClN2/c1-12(2)14-8-6-13(7-9-14)11-16(19-3)17-15(18)5-4-10-20-17/h4-10,12,16,19H,11H2,1-3H3. The second-order valence-electron chi connectivity index (χ2n) is 5.31. The van der Waals surface area contributed by atoms with Crippen LogP contribution in [0.15, 0.2) is 42.6 Å². The van der Waals surface area contributed by atoms with Gasteiger partial charge in [-0.15, -0.1) is 0 Å². The van der Waals surface area contributed by atoms with E-state index in [4.69, 9.17) is 11.6 Å². The molecule has 2 nitrogen and oxygen atoms in total. The number of aromatic nitrogens is 1. The van der Waals surface area contributed by atoms with Gasteiger partial charge in [-0.3, -0.25) is 4.98 Å². The van der Waals surface area contributed by atoms with Crippen LogP contribution in [0.25, 0.3) is 0 Å². The highest BCUT2D eigenvalue weighted by Gasteiger charge is 2.14. The first-order chi connectivity index (χ1) is 9.61.